The van der Waals surface area contributed by atoms with Crippen LogP contribution in [-0.2, 0) is 5.41 Å². The summed E-state index contributed by atoms with van der Waals surface area (Å²) in [6, 6.07) is 43.1. The first-order valence-corrected chi connectivity index (χ1v) is 16.4. The molecule has 0 amide bonds. The van der Waals surface area contributed by atoms with E-state index in [1.807, 2.05) is 36.4 Å². The topological polar surface area (TPSA) is 41.9 Å². The first-order valence-electron chi connectivity index (χ1n) is 16.4. The molecule has 1 aromatic heterocycles. The number of anilines is 2. The predicted octanol–water partition coefficient (Wildman–Crippen LogP) is 10.5. The lowest BCUT2D eigenvalue weighted by Gasteiger charge is -2.26. The lowest BCUT2D eigenvalue weighted by Crippen LogP contribution is -2.20. The normalized spacial score (nSPS) is 18.3. The molecule has 0 saturated heterocycles. The van der Waals surface area contributed by atoms with Crippen LogP contribution in [0.1, 0.15) is 43.4 Å². The van der Waals surface area contributed by atoms with Gasteiger partial charge in [-0.05, 0) is 69.1 Å². The van der Waals surface area contributed by atoms with Gasteiger partial charge >= 0.3 is 0 Å². The third-order valence-corrected chi connectivity index (χ3v) is 10.2. The van der Waals surface area contributed by atoms with Gasteiger partial charge in [0, 0.05) is 28.2 Å². The molecule has 0 radical (unpaired) electrons. The fraction of sp³-hybridized carbons (Fsp3) is 0.140. The zero-order valence-electron chi connectivity index (χ0n) is 26.7. The van der Waals surface area contributed by atoms with E-state index in [1.54, 1.807) is 0 Å². The van der Waals surface area contributed by atoms with Crippen LogP contribution in [0, 0.1) is 5.92 Å². The molecule has 2 aliphatic carbocycles. The highest BCUT2D eigenvalue weighted by Gasteiger charge is 2.40. The van der Waals surface area contributed by atoms with Crippen molar-refractivity contribution in [3.8, 4) is 45.0 Å². The summed E-state index contributed by atoms with van der Waals surface area (Å²) in [6.07, 6.45) is 6.71. The molecular formula is C43H34N4. The summed E-state index contributed by atoms with van der Waals surface area (Å²) in [7, 11) is 0. The van der Waals surface area contributed by atoms with E-state index in [4.69, 9.17) is 15.0 Å². The monoisotopic (exact) mass is 606 g/mol. The van der Waals surface area contributed by atoms with Crippen LogP contribution in [0.2, 0.25) is 0 Å². The molecule has 2 unspecified atom stereocenters. The summed E-state index contributed by atoms with van der Waals surface area (Å²) in [5, 5.41) is 0. The Morgan fingerprint density at radius 2 is 1.21 bits per heavy atom. The summed E-state index contributed by atoms with van der Waals surface area (Å²) in [5.74, 6) is 2.49. The van der Waals surface area contributed by atoms with Crippen LogP contribution >= 0.6 is 0 Å². The van der Waals surface area contributed by atoms with Crippen molar-refractivity contribution in [1.29, 1.82) is 0 Å². The second-order valence-electron chi connectivity index (χ2n) is 13.4. The van der Waals surface area contributed by atoms with Crippen molar-refractivity contribution in [2.24, 2.45) is 5.92 Å². The smallest absolute Gasteiger partial charge is 0.238 e. The highest BCUT2D eigenvalue weighted by atomic mass is 15.3. The largest absolute Gasteiger partial charge is 0.282 e. The maximum absolute atomic E-state index is 5.12. The highest BCUT2D eigenvalue weighted by molar-refractivity contribution is 5.85. The summed E-state index contributed by atoms with van der Waals surface area (Å²) >= 11 is 0. The minimum absolute atomic E-state index is 0.0420. The number of nitrogens with zero attached hydrogens (tertiary/aromatic N) is 4. The number of benzene rings is 5. The molecule has 47 heavy (non-hydrogen) atoms. The van der Waals surface area contributed by atoms with E-state index in [0.29, 0.717) is 23.5 Å². The molecule has 2 heterocycles. The SMILES string of the molecule is CC1C=CC=C2C1c1cc(-c3ccc4c(c3)C(C)(C)c3ccccc3-4)ccc1N2c1nc(-c2ccccc2)nc(-c2ccccc2)n1. The Hall–Kier alpha value is -5.61. The fourth-order valence-electron chi connectivity index (χ4n) is 7.80. The summed E-state index contributed by atoms with van der Waals surface area (Å²) < 4.78 is 0. The maximum atomic E-state index is 5.12. The minimum Gasteiger partial charge on any atom is -0.282 e. The van der Waals surface area contributed by atoms with Crippen LogP contribution < -0.4 is 4.90 Å². The second kappa shape index (κ2) is 10.5. The molecule has 226 valence electrons. The van der Waals surface area contributed by atoms with E-state index in [1.165, 1.54) is 44.6 Å². The van der Waals surface area contributed by atoms with Gasteiger partial charge in [-0.25, -0.2) is 4.98 Å². The number of fused-ring (bicyclic) bond motifs is 6. The summed E-state index contributed by atoms with van der Waals surface area (Å²) in [5.41, 5.74) is 13.5. The second-order valence-corrected chi connectivity index (χ2v) is 13.4. The Morgan fingerprint density at radius 3 is 1.94 bits per heavy atom. The highest BCUT2D eigenvalue weighted by Crippen LogP contribution is 2.54. The Labute approximate surface area is 275 Å². The number of rotatable bonds is 4. The lowest BCUT2D eigenvalue weighted by molar-refractivity contribution is 0.617. The Balaban J connectivity index is 1.19. The molecule has 4 nitrogen and oxygen atoms in total. The summed E-state index contributed by atoms with van der Waals surface area (Å²) in [6.45, 7) is 7.00. The quantitative estimate of drug-likeness (QED) is 0.200. The fourth-order valence-corrected chi connectivity index (χ4v) is 7.80. The summed E-state index contributed by atoms with van der Waals surface area (Å²) in [4.78, 5) is 17.4. The van der Waals surface area contributed by atoms with Crippen molar-refractivity contribution in [2.75, 3.05) is 4.90 Å². The molecule has 0 bridgehead atoms. The van der Waals surface area contributed by atoms with Crippen molar-refractivity contribution in [2.45, 2.75) is 32.1 Å². The third kappa shape index (κ3) is 4.32. The lowest BCUT2D eigenvalue weighted by atomic mass is 9.81. The molecule has 2 atom stereocenters. The minimum atomic E-state index is -0.0420. The number of aromatic nitrogens is 3. The predicted molar refractivity (Wildman–Crippen MR) is 191 cm³/mol. The van der Waals surface area contributed by atoms with E-state index >= 15 is 0 Å². The standard InChI is InChI=1S/C43H34N4/c1-27-13-12-20-38-39(27)34-25-30(31-21-23-33-32-18-10-11-19-35(32)43(2,3)36(33)26-31)22-24-37(34)47(38)42-45-40(28-14-6-4-7-15-28)44-41(46-42)29-16-8-5-9-17-29/h4-27,39H,1-3H3. The first-order chi connectivity index (χ1) is 23.0. The van der Waals surface area contributed by atoms with Crippen LogP contribution in [0.25, 0.3) is 45.0 Å². The zero-order chi connectivity index (χ0) is 31.7. The molecule has 4 heteroatoms. The van der Waals surface area contributed by atoms with Gasteiger partial charge in [0.25, 0.3) is 0 Å². The molecule has 0 spiro atoms. The molecule has 1 aliphatic heterocycles. The zero-order valence-corrected chi connectivity index (χ0v) is 26.7. The molecular weight excluding hydrogens is 573 g/mol. The van der Waals surface area contributed by atoms with Crippen LogP contribution in [0.5, 0.6) is 0 Å². The molecule has 0 fully saturated rings. The Kier molecular flexibility index (Phi) is 6.16. The van der Waals surface area contributed by atoms with Crippen LogP contribution in [0.4, 0.5) is 11.6 Å². The molecule has 6 aromatic rings. The molecule has 0 saturated carbocycles. The van der Waals surface area contributed by atoms with Crippen LogP contribution in [0.15, 0.2) is 145 Å². The van der Waals surface area contributed by atoms with Gasteiger partial charge in [-0.2, -0.15) is 9.97 Å². The van der Waals surface area contributed by atoms with Crippen molar-refractivity contribution < 1.29 is 0 Å². The Bertz CT molecular complexity index is 2190. The van der Waals surface area contributed by atoms with E-state index < -0.39 is 0 Å². The van der Waals surface area contributed by atoms with Gasteiger partial charge in [0.2, 0.25) is 5.95 Å². The van der Waals surface area contributed by atoms with Gasteiger partial charge in [0.05, 0.1) is 5.69 Å². The maximum Gasteiger partial charge on any atom is 0.238 e. The molecule has 0 N–H and O–H groups in total. The first kappa shape index (κ1) is 27.7. The van der Waals surface area contributed by atoms with Gasteiger partial charge in [-0.15, -0.1) is 0 Å². The van der Waals surface area contributed by atoms with E-state index in [2.05, 4.69) is 129 Å². The number of allylic oxidation sites excluding steroid dienone is 4. The van der Waals surface area contributed by atoms with Crippen LogP contribution in [0.3, 0.4) is 0 Å². The van der Waals surface area contributed by atoms with Gasteiger partial charge in [-0.3, -0.25) is 4.90 Å². The number of hydrogen-bond donors (Lipinski definition) is 0. The van der Waals surface area contributed by atoms with Crippen molar-refractivity contribution in [1.82, 2.24) is 15.0 Å². The third-order valence-electron chi connectivity index (χ3n) is 10.2. The van der Waals surface area contributed by atoms with Crippen molar-refractivity contribution in [3.05, 3.63) is 162 Å². The van der Waals surface area contributed by atoms with Gasteiger partial charge in [0.1, 0.15) is 0 Å². The van der Waals surface area contributed by atoms with Gasteiger partial charge in [0.15, 0.2) is 11.6 Å². The van der Waals surface area contributed by atoms with E-state index in [0.717, 1.165) is 16.8 Å². The van der Waals surface area contributed by atoms with E-state index in [-0.39, 0.29) is 11.3 Å². The average Bonchev–Trinajstić information content (AvgIpc) is 3.58. The number of hydrogen-bond acceptors (Lipinski definition) is 4. The van der Waals surface area contributed by atoms with Crippen molar-refractivity contribution >= 4 is 11.6 Å². The van der Waals surface area contributed by atoms with Gasteiger partial charge < -0.3 is 0 Å². The van der Waals surface area contributed by atoms with Crippen molar-refractivity contribution in [3.63, 3.8) is 0 Å². The van der Waals surface area contributed by atoms with Crippen LogP contribution in [-0.4, -0.2) is 15.0 Å². The molecule has 3 aliphatic rings. The molecule has 5 aromatic carbocycles. The molecule has 9 rings (SSSR count). The Morgan fingerprint density at radius 1 is 0.596 bits per heavy atom. The average molecular weight is 607 g/mol. The van der Waals surface area contributed by atoms with Gasteiger partial charge in [-0.1, -0.05) is 136 Å². The van der Waals surface area contributed by atoms with E-state index in [9.17, 15) is 0 Å².